The highest BCUT2D eigenvalue weighted by molar-refractivity contribution is 5.37. The molecule has 0 saturated carbocycles. The zero-order chi connectivity index (χ0) is 17.1. The lowest BCUT2D eigenvalue weighted by Crippen LogP contribution is -2.50. The average molecular weight is 337 g/mol. The highest BCUT2D eigenvalue weighted by atomic mass is 16.5. The van der Waals surface area contributed by atoms with Gasteiger partial charge in [-0.3, -0.25) is 9.88 Å². The molecule has 0 amide bonds. The summed E-state index contributed by atoms with van der Waals surface area (Å²) in [4.78, 5) is 6.97. The van der Waals surface area contributed by atoms with E-state index in [1.807, 2.05) is 18.3 Å². The maximum atomic E-state index is 6.05. The third-order valence-corrected chi connectivity index (χ3v) is 5.42. The van der Waals surface area contributed by atoms with Gasteiger partial charge in [0.1, 0.15) is 11.9 Å². The molecule has 1 saturated heterocycles. The van der Waals surface area contributed by atoms with Crippen LogP contribution < -0.4 is 10.1 Å². The van der Waals surface area contributed by atoms with Gasteiger partial charge in [-0.15, -0.1) is 0 Å². The summed E-state index contributed by atoms with van der Waals surface area (Å²) in [6.07, 6.45) is 4.37. The van der Waals surface area contributed by atoms with Crippen molar-refractivity contribution in [3.8, 4) is 5.75 Å². The number of likely N-dealkylation sites (tertiary alicyclic amines) is 1. The number of piperidine rings is 1. The molecule has 2 aromatic rings. The van der Waals surface area contributed by atoms with E-state index in [4.69, 9.17) is 4.74 Å². The second-order valence-electron chi connectivity index (χ2n) is 7.39. The Balaban J connectivity index is 1.24. The average Bonchev–Trinajstić information content (AvgIpc) is 3.05. The van der Waals surface area contributed by atoms with E-state index in [0.29, 0.717) is 12.0 Å². The number of nitrogens with one attached hydrogen (secondary N) is 1. The predicted octanol–water partition coefficient (Wildman–Crippen LogP) is 2.89. The summed E-state index contributed by atoms with van der Waals surface area (Å²) in [5.74, 6) is 1.70. The summed E-state index contributed by atoms with van der Waals surface area (Å²) in [6.45, 7) is 6.50. The predicted molar refractivity (Wildman–Crippen MR) is 99.6 cm³/mol. The Morgan fingerprint density at radius 1 is 1.20 bits per heavy atom. The number of fused-ring (bicyclic) bond motifs is 1. The molecule has 25 heavy (non-hydrogen) atoms. The van der Waals surface area contributed by atoms with Gasteiger partial charge in [-0.25, -0.2) is 0 Å². The van der Waals surface area contributed by atoms with Crippen molar-refractivity contribution >= 4 is 0 Å². The van der Waals surface area contributed by atoms with Gasteiger partial charge in [0.2, 0.25) is 0 Å². The highest BCUT2D eigenvalue weighted by Gasteiger charge is 2.28. The molecule has 0 unspecified atom stereocenters. The fraction of sp³-hybridized carbons (Fsp3) is 0.476. The molecule has 4 heteroatoms. The first-order valence-corrected chi connectivity index (χ1v) is 9.38. The molecule has 1 aromatic heterocycles. The van der Waals surface area contributed by atoms with Crippen molar-refractivity contribution in [1.29, 1.82) is 0 Å². The first-order valence-electron chi connectivity index (χ1n) is 9.38. The molecule has 0 radical (unpaired) electrons. The van der Waals surface area contributed by atoms with Gasteiger partial charge in [-0.2, -0.15) is 0 Å². The van der Waals surface area contributed by atoms with E-state index in [9.17, 15) is 0 Å². The van der Waals surface area contributed by atoms with E-state index in [-0.39, 0.29) is 6.10 Å². The van der Waals surface area contributed by atoms with E-state index < -0.39 is 0 Å². The Morgan fingerprint density at radius 3 is 2.88 bits per heavy atom. The molecule has 1 fully saturated rings. The fourth-order valence-corrected chi connectivity index (χ4v) is 4.05. The molecule has 4 nitrogen and oxygen atoms in total. The fourth-order valence-electron chi connectivity index (χ4n) is 4.05. The Hall–Kier alpha value is -1.91. The molecule has 0 bridgehead atoms. The summed E-state index contributed by atoms with van der Waals surface area (Å²) in [5.41, 5.74) is 2.51. The Labute approximate surface area is 150 Å². The number of benzene rings is 1. The van der Waals surface area contributed by atoms with E-state index in [1.165, 1.54) is 17.7 Å². The van der Waals surface area contributed by atoms with Crippen LogP contribution in [0.25, 0.3) is 0 Å². The molecule has 1 N–H and O–H groups in total. The van der Waals surface area contributed by atoms with Gasteiger partial charge in [0, 0.05) is 44.8 Å². The zero-order valence-corrected chi connectivity index (χ0v) is 14.9. The minimum Gasteiger partial charge on any atom is -0.488 e. The van der Waals surface area contributed by atoms with Crippen LogP contribution >= 0.6 is 0 Å². The zero-order valence-electron chi connectivity index (χ0n) is 14.9. The van der Waals surface area contributed by atoms with Crippen molar-refractivity contribution in [2.75, 3.05) is 19.6 Å². The quantitative estimate of drug-likeness (QED) is 0.910. The minimum atomic E-state index is 0.274. The lowest BCUT2D eigenvalue weighted by atomic mass is 9.93. The number of para-hydroxylation sites is 1. The van der Waals surface area contributed by atoms with Crippen molar-refractivity contribution in [3.63, 3.8) is 0 Å². The summed E-state index contributed by atoms with van der Waals surface area (Å²) in [6, 6.07) is 15.1. The molecule has 4 rings (SSSR count). The van der Waals surface area contributed by atoms with Gasteiger partial charge in [-0.05, 0) is 36.1 Å². The minimum absolute atomic E-state index is 0.274. The Kier molecular flexibility index (Phi) is 4.99. The van der Waals surface area contributed by atoms with E-state index >= 15 is 0 Å². The summed E-state index contributed by atoms with van der Waals surface area (Å²) < 4.78 is 6.05. The molecule has 132 valence electrons. The first-order chi connectivity index (χ1) is 12.3. The molecular formula is C21H27N3O. The molecule has 3 heterocycles. The van der Waals surface area contributed by atoms with Crippen LogP contribution in [0.15, 0.2) is 48.7 Å². The lowest BCUT2D eigenvalue weighted by molar-refractivity contribution is 0.129. The van der Waals surface area contributed by atoms with Crippen LogP contribution in [0.5, 0.6) is 5.75 Å². The van der Waals surface area contributed by atoms with Crippen LogP contribution in [-0.2, 0) is 13.0 Å². The van der Waals surface area contributed by atoms with Gasteiger partial charge in [0.15, 0.2) is 0 Å². The maximum absolute atomic E-state index is 6.05. The SMILES string of the molecule is C[C@@H]1CN(Cc2ccccn2)CC[C@@H]1NC[C@@H]1Cc2ccccc2O1. The largest absolute Gasteiger partial charge is 0.488 e. The van der Waals surface area contributed by atoms with Gasteiger partial charge < -0.3 is 10.1 Å². The molecule has 0 aliphatic carbocycles. The number of aromatic nitrogens is 1. The summed E-state index contributed by atoms with van der Waals surface area (Å²) >= 11 is 0. The van der Waals surface area contributed by atoms with Gasteiger partial charge >= 0.3 is 0 Å². The van der Waals surface area contributed by atoms with Crippen molar-refractivity contribution in [2.45, 2.75) is 38.5 Å². The Bertz CT molecular complexity index is 666. The summed E-state index contributed by atoms with van der Waals surface area (Å²) in [7, 11) is 0. The third-order valence-electron chi connectivity index (χ3n) is 5.42. The molecular weight excluding hydrogens is 310 g/mol. The molecule has 3 atom stereocenters. The van der Waals surface area contributed by atoms with Crippen LogP contribution in [0.3, 0.4) is 0 Å². The van der Waals surface area contributed by atoms with Gasteiger partial charge in [-0.1, -0.05) is 31.2 Å². The monoisotopic (exact) mass is 337 g/mol. The van der Waals surface area contributed by atoms with Crippen LogP contribution in [-0.4, -0.2) is 41.7 Å². The van der Waals surface area contributed by atoms with E-state index in [0.717, 1.165) is 38.3 Å². The lowest BCUT2D eigenvalue weighted by Gasteiger charge is -2.37. The number of hydrogen-bond acceptors (Lipinski definition) is 4. The number of rotatable bonds is 5. The van der Waals surface area contributed by atoms with Gasteiger partial charge in [0.05, 0.1) is 5.69 Å². The molecule has 2 aliphatic heterocycles. The molecule has 0 spiro atoms. The standard InChI is InChI=1S/C21H27N3O/c1-16-14-24(15-18-7-4-5-10-22-18)11-9-20(16)23-13-19-12-17-6-2-3-8-21(17)25-19/h2-8,10,16,19-20,23H,9,11-15H2,1H3/t16-,19+,20+/m1/s1. The van der Waals surface area contributed by atoms with Crippen LogP contribution in [0.4, 0.5) is 0 Å². The van der Waals surface area contributed by atoms with Crippen LogP contribution in [0.2, 0.25) is 0 Å². The van der Waals surface area contributed by atoms with Crippen LogP contribution in [0, 0.1) is 5.92 Å². The van der Waals surface area contributed by atoms with Crippen molar-refractivity contribution in [2.24, 2.45) is 5.92 Å². The topological polar surface area (TPSA) is 37.4 Å². The molecule has 2 aliphatic rings. The number of hydrogen-bond donors (Lipinski definition) is 1. The number of ether oxygens (including phenoxy) is 1. The normalized spacial score (nSPS) is 26.2. The summed E-state index contributed by atoms with van der Waals surface area (Å²) in [5, 5.41) is 3.77. The number of nitrogens with zero attached hydrogens (tertiary/aromatic N) is 2. The van der Waals surface area contributed by atoms with Gasteiger partial charge in [0.25, 0.3) is 0 Å². The van der Waals surface area contributed by atoms with Crippen molar-refractivity contribution in [1.82, 2.24) is 15.2 Å². The van der Waals surface area contributed by atoms with Crippen LogP contribution in [0.1, 0.15) is 24.6 Å². The highest BCUT2D eigenvalue weighted by Crippen LogP contribution is 2.28. The van der Waals surface area contributed by atoms with Crippen molar-refractivity contribution < 1.29 is 4.74 Å². The smallest absolute Gasteiger partial charge is 0.123 e. The second-order valence-corrected chi connectivity index (χ2v) is 7.39. The number of pyridine rings is 1. The Morgan fingerprint density at radius 2 is 2.08 bits per heavy atom. The van der Waals surface area contributed by atoms with E-state index in [1.54, 1.807) is 0 Å². The first kappa shape index (κ1) is 16.6. The van der Waals surface area contributed by atoms with Crippen molar-refractivity contribution in [3.05, 3.63) is 59.9 Å². The third kappa shape index (κ3) is 4.02. The van der Waals surface area contributed by atoms with E-state index in [2.05, 4.69) is 52.5 Å². The molecule has 1 aromatic carbocycles. The maximum Gasteiger partial charge on any atom is 0.123 e. The second kappa shape index (κ2) is 7.54.